The summed E-state index contributed by atoms with van der Waals surface area (Å²) in [5.74, 6) is 1.77. The molecule has 13 heavy (non-hydrogen) atoms. The van der Waals surface area contributed by atoms with Gasteiger partial charge < -0.3 is 11.1 Å². The van der Waals surface area contributed by atoms with E-state index in [1.807, 2.05) is 0 Å². The minimum atomic E-state index is 0.428. The zero-order valence-electron chi connectivity index (χ0n) is 8.47. The molecule has 1 aliphatic heterocycles. The summed E-state index contributed by atoms with van der Waals surface area (Å²) in [4.78, 5) is 0. The predicted octanol–water partition coefficient (Wildman–Crippen LogP) is 1.50. The summed E-state index contributed by atoms with van der Waals surface area (Å²) in [6.07, 6.45) is 8.54. The van der Waals surface area contributed by atoms with Crippen LogP contribution < -0.4 is 11.1 Å². The molecule has 2 rings (SSSR count). The van der Waals surface area contributed by atoms with Crippen LogP contribution in [0.25, 0.3) is 0 Å². The molecule has 0 radical (unpaired) electrons. The minimum absolute atomic E-state index is 0.428. The molecular weight excluding hydrogens is 160 g/mol. The number of nitrogens with two attached hydrogens (primary N) is 1. The average Bonchev–Trinajstić information content (AvgIpc) is 2.20. The third kappa shape index (κ3) is 2.23. The van der Waals surface area contributed by atoms with E-state index in [2.05, 4.69) is 5.32 Å². The Kier molecular flexibility index (Phi) is 3.23. The maximum absolute atomic E-state index is 6.15. The van der Waals surface area contributed by atoms with Gasteiger partial charge in [0, 0.05) is 12.6 Å². The highest BCUT2D eigenvalue weighted by Crippen LogP contribution is 2.33. The standard InChI is InChI=1S/C11H22N2/c12-11-8-13-7-6-10(11)9-4-2-1-3-5-9/h9-11,13H,1-8,12H2/t10-,11+/m0/s1. The second kappa shape index (κ2) is 4.43. The van der Waals surface area contributed by atoms with Crippen molar-refractivity contribution in [1.82, 2.24) is 5.32 Å². The van der Waals surface area contributed by atoms with E-state index in [1.54, 1.807) is 0 Å². The quantitative estimate of drug-likeness (QED) is 0.645. The van der Waals surface area contributed by atoms with E-state index in [0.29, 0.717) is 6.04 Å². The Morgan fingerprint density at radius 2 is 1.77 bits per heavy atom. The Morgan fingerprint density at radius 3 is 2.46 bits per heavy atom. The van der Waals surface area contributed by atoms with Crippen molar-refractivity contribution in [3.8, 4) is 0 Å². The van der Waals surface area contributed by atoms with Crippen LogP contribution in [0.3, 0.4) is 0 Å². The normalized spacial score (nSPS) is 37.6. The molecule has 3 N–H and O–H groups in total. The van der Waals surface area contributed by atoms with Crippen molar-refractivity contribution in [1.29, 1.82) is 0 Å². The van der Waals surface area contributed by atoms with E-state index in [1.165, 1.54) is 45.1 Å². The number of hydrogen-bond donors (Lipinski definition) is 2. The van der Waals surface area contributed by atoms with Crippen molar-refractivity contribution in [2.24, 2.45) is 17.6 Å². The lowest BCUT2D eigenvalue weighted by Gasteiger charge is -2.37. The first kappa shape index (κ1) is 9.47. The van der Waals surface area contributed by atoms with Gasteiger partial charge in [-0.3, -0.25) is 0 Å². The van der Waals surface area contributed by atoms with Gasteiger partial charge in [0.25, 0.3) is 0 Å². The summed E-state index contributed by atoms with van der Waals surface area (Å²) in [5, 5.41) is 3.38. The van der Waals surface area contributed by atoms with Gasteiger partial charge in [0.15, 0.2) is 0 Å². The van der Waals surface area contributed by atoms with Gasteiger partial charge in [-0.2, -0.15) is 0 Å². The van der Waals surface area contributed by atoms with E-state index in [-0.39, 0.29) is 0 Å². The Morgan fingerprint density at radius 1 is 1.00 bits per heavy atom. The second-order valence-electron chi connectivity index (χ2n) is 4.72. The Balaban J connectivity index is 1.88. The smallest absolute Gasteiger partial charge is 0.0197 e. The van der Waals surface area contributed by atoms with Crippen LogP contribution in [0.2, 0.25) is 0 Å². The van der Waals surface area contributed by atoms with E-state index in [0.717, 1.165) is 18.4 Å². The fourth-order valence-corrected chi connectivity index (χ4v) is 3.05. The number of nitrogens with one attached hydrogen (secondary N) is 1. The Bertz CT molecular complexity index is 152. The molecular formula is C11H22N2. The molecule has 1 aliphatic carbocycles. The highest BCUT2D eigenvalue weighted by molar-refractivity contribution is 4.86. The molecule has 0 aromatic heterocycles. The number of hydrogen-bond acceptors (Lipinski definition) is 2. The van der Waals surface area contributed by atoms with Gasteiger partial charge in [0.05, 0.1) is 0 Å². The van der Waals surface area contributed by atoms with Gasteiger partial charge >= 0.3 is 0 Å². The lowest BCUT2D eigenvalue weighted by molar-refractivity contribution is 0.180. The topological polar surface area (TPSA) is 38.0 Å². The van der Waals surface area contributed by atoms with Crippen molar-refractivity contribution < 1.29 is 0 Å². The summed E-state index contributed by atoms with van der Waals surface area (Å²) in [7, 11) is 0. The number of rotatable bonds is 1. The molecule has 0 aromatic carbocycles. The summed E-state index contributed by atoms with van der Waals surface area (Å²) in [6, 6.07) is 0.428. The molecule has 0 spiro atoms. The van der Waals surface area contributed by atoms with Crippen molar-refractivity contribution >= 4 is 0 Å². The van der Waals surface area contributed by atoms with Crippen LogP contribution in [-0.4, -0.2) is 19.1 Å². The SMILES string of the molecule is N[C@@H]1CNCC[C@H]1C1CCCCC1. The maximum atomic E-state index is 6.15. The van der Waals surface area contributed by atoms with Crippen LogP contribution in [0.5, 0.6) is 0 Å². The lowest BCUT2D eigenvalue weighted by atomic mass is 9.74. The summed E-state index contributed by atoms with van der Waals surface area (Å²) >= 11 is 0. The van der Waals surface area contributed by atoms with Crippen LogP contribution in [0, 0.1) is 11.8 Å². The highest BCUT2D eigenvalue weighted by Gasteiger charge is 2.29. The third-order valence-electron chi connectivity index (χ3n) is 3.84. The summed E-state index contributed by atoms with van der Waals surface area (Å²) < 4.78 is 0. The molecule has 1 saturated heterocycles. The zero-order valence-corrected chi connectivity index (χ0v) is 8.47. The third-order valence-corrected chi connectivity index (χ3v) is 3.84. The largest absolute Gasteiger partial charge is 0.326 e. The second-order valence-corrected chi connectivity index (χ2v) is 4.72. The van der Waals surface area contributed by atoms with E-state index >= 15 is 0 Å². The van der Waals surface area contributed by atoms with Gasteiger partial charge in [-0.15, -0.1) is 0 Å². The Hall–Kier alpha value is -0.0800. The van der Waals surface area contributed by atoms with Gasteiger partial charge in [-0.25, -0.2) is 0 Å². The molecule has 2 fully saturated rings. The summed E-state index contributed by atoms with van der Waals surface area (Å²) in [5.41, 5.74) is 6.15. The first-order chi connectivity index (χ1) is 6.38. The predicted molar refractivity (Wildman–Crippen MR) is 55.5 cm³/mol. The zero-order chi connectivity index (χ0) is 9.10. The molecule has 2 atom stereocenters. The molecule has 76 valence electrons. The fraction of sp³-hybridized carbons (Fsp3) is 1.00. The van der Waals surface area contributed by atoms with Crippen LogP contribution in [0.1, 0.15) is 38.5 Å². The molecule has 0 bridgehead atoms. The van der Waals surface area contributed by atoms with Crippen molar-refractivity contribution in [3.63, 3.8) is 0 Å². The van der Waals surface area contributed by atoms with Crippen molar-refractivity contribution in [3.05, 3.63) is 0 Å². The van der Waals surface area contributed by atoms with Crippen LogP contribution in [-0.2, 0) is 0 Å². The monoisotopic (exact) mass is 182 g/mol. The molecule has 2 nitrogen and oxygen atoms in total. The molecule has 2 heteroatoms. The maximum Gasteiger partial charge on any atom is 0.0197 e. The highest BCUT2D eigenvalue weighted by atomic mass is 14.9. The molecule has 0 aromatic rings. The molecule has 1 heterocycles. The molecule has 0 unspecified atom stereocenters. The fourth-order valence-electron chi connectivity index (χ4n) is 3.05. The van der Waals surface area contributed by atoms with Gasteiger partial charge in [0.1, 0.15) is 0 Å². The summed E-state index contributed by atoms with van der Waals surface area (Å²) in [6.45, 7) is 2.23. The lowest BCUT2D eigenvalue weighted by Crippen LogP contribution is -2.48. The van der Waals surface area contributed by atoms with Crippen LogP contribution in [0.15, 0.2) is 0 Å². The van der Waals surface area contributed by atoms with Crippen molar-refractivity contribution in [2.75, 3.05) is 13.1 Å². The van der Waals surface area contributed by atoms with E-state index < -0.39 is 0 Å². The Labute approximate surface area is 81.3 Å². The van der Waals surface area contributed by atoms with E-state index in [4.69, 9.17) is 5.73 Å². The van der Waals surface area contributed by atoms with Gasteiger partial charge in [-0.05, 0) is 24.8 Å². The number of piperidine rings is 1. The van der Waals surface area contributed by atoms with Gasteiger partial charge in [-0.1, -0.05) is 32.1 Å². The van der Waals surface area contributed by atoms with E-state index in [9.17, 15) is 0 Å². The van der Waals surface area contributed by atoms with Crippen LogP contribution in [0.4, 0.5) is 0 Å². The molecule has 2 aliphatic rings. The first-order valence-corrected chi connectivity index (χ1v) is 5.84. The van der Waals surface area contributed by atoms with Crippen LogP contribution >= 0.6 is 0 Å². The first-order valence-electron chi connectivity index (χ1n) is 5.84. The minimum Gasteiger partial charge on any atom is -0.326 e. The van der Waals surface area contributed by atoms with Crippen molar-refractivity contribution in [2.45, 2.75) is 44.6 Å². The average molecular weight is 182 g/mol. The molecule has 0 amide bonds. The van der Waals surface area contributed by atoms with Gasteiger partial charge in [0.2, 0.25) is 0 Å². The molecule has 1 saturated carbocycles.